The zero-order valence-corrected chi connectivity index (χ0v) is 16.7. The van der Waals surface area contributed by atoms with Crippen LogP contribution in [0.15, 0.2) is 30.6 Å². The molecular formula is C20H26N6O3. The third-order valence-electron chi connectivity index (χ3n) is 5.17. The number of morpholine rings is 1. The highest BCUT2D eigenvalue weighted by Gasteiger charge is 2.23. The van der Waals surface area contributed by atoms with Gasteiger partial charge in [0.05, 0.1) is 37.3 Å². The molecule has 154 valence electrons. The maximum absolute atomic E-state index is 12.8. The van der Waals surface area contributed by atoms with Gasteiger partial charge in [-0.15, -0.1) is 5.10 Å². The molecule has 2 aliphatic rings. The van der Waals surface area contributed by atoms with Gasteiger partial charge in [-0.1, -0.05) is 0 Å². The Balaban J connectivity index is 1.36. The van der Waals surface area contributed by atoms with E-state index in [1.807, 2.05) is 11.8 Å². The molecule has 4 heterocycles. The zero-order chi connectivity index (χ0) is 20.1. The summed E-state index contributed by atoms with van der Waals surface area (Å²) >= 11 is 0. The molecule has 4 rings (SSSR count). The van der Waals surface area contributed by atoms with Crippen LogP contribution in [0, 0.1) is 0 Å². The molecule has 0 radical (unpaired) electrons. The maximum atomic E-state index is 12.8. The quantitative estimate of drug-likeness (QED) is 0.740. The molecule has 0 N–H and O–H groups in total. The summed E-state index contributed by atoms with van der Waals surface area (Å²) in [6, 6.07) is 5.59. The summed E-state index contributed by atoms with van der Waals surface area (Å²) < 4.78 is 10.7. The van der Waals surface area contributed by atoms with E-state index < -0.39 is 0 Å². The van der Waals surface area contributed by atoms with Crippen molar-refractivity contribution in [2.75, 3.05) is 68.9 Å². The molecular weight excluding hydrogens is 372 g/mol. The number of carbonyl (C=O) groups excluding carboxylic acids is 1. The van der Waals surface area contributed by atoms with Crippen LogP contribution in [0.2, 0.25) is 0 Å². The largest absolute Gasteiger partial charge is 0.478 e. The predicted octanol–water partition coefficient (Wildman–Crippen LogP) is 1.07. The summed E-state index contributed by atoms with van der Waals surface area (Å²) in [6.07, 6.45) is 3.37. The normalized spacial score (nSPS) is 17.3. The Labute approximate surface area is 170 Å². The van der Waals surface area contributed by atoms with Crippen molar-refractivity contribution in [2.24, 2.45) is 0 Å². The first-order valence-corrected chi connectivity index (χ1v) is 10.0. The summed E-state index contributed by atoms with van der Waals surface area (Å²) in [7, 11) is 0. The summed E-state index contributed by atoms with van der Waals surface area (Å²) in [5.41, 5.74) is 1.62. The number of nitrogens with zero attached hydrogens (tertiary/aromatic N) is 6. The Morgan fingerprint density at radius 3 is 2.55 bits per heavy atom. The van der Waals surface area contributed by atoms with Gasteiger partial charge in [0.2, 0.25) is 5.88 Å². The monoisotopic (exact) mass is 398 g/mol. The minimum atomic E-state index is 0.00191. The smallest absolute Gasteiger partial charge is 0.255 e. The van der Waals surface area contributed by atoms with Gasteiger partial charge in [-0.25, -0.2) is 4.98 Å². The van der Waals surface area contributed by atoms with Gasteiger partial charge in [-0.05, 0) is 13.0 Å². The highest BCUT2D eigenvalue weighted by Crippen LogP contribution is 2.21. The molecule has 9 heteroatoms. The first-order valence-electron chi connectivity index (χ1n) is 10.0. The fraction of sp³-hybridized carbons (Fsp3) is 0.500. The van der Waals surface area contributed by atoms with E-state index in [-0.39, 0.29) is 5.91 Å². The Bertz CT molecular complexity index is 817. The molecule has 0 bridgehead atoms. The summed E-state index contributed by atoms with van der Waals surface area (Å²) in [4.78, 5) is 23.3. The highest BCUT2D eigenvalue weighted by atomic mass is 16.5. The second kappa shape index (κ2) is 9.04. The first-order chi connectivity index (χ1) is 14.2. The molecule has 2 saturated heterocycles. The molecule has 0 unspecified atom stereocenters. The molecule has 0 spiro atoms. The number of carbonyl (C=O) groups is 1. The number of amides is 1. The van der Waals surface area contributed by atoms with Crippen molar-refractivity contribution in [1.29, 1.82) is 0 Å². The van der Waals surface area contributed by atoms with E-state index in [9.17, 15) is 4.79 Å². The Kier molecular flexibility index (Phi) is 6.04. The standard InChI is InChI=1S/C20H26N6O3/c1-2-29-19-4-3-16(14-21-19)20(27)26-7-5-24(6-8-26)17-13-18(23-22-15-17)25-9-11-28-12-10-25/h3-4,13-15H,2,5-12H2,1H3. The molecule has 0 aromatic carbocycles. The van der Waals surface area contributed by atoms with Crippen LogP contribution < -0.4 is 14.5 Å². The SMILES string of the molecule is CCOc1ccc(C(=O)N2CCN(c3cnnc(N4CCOCC4)c3)CC2)cn1. The number of ether oxygens (including phenoxy) is 2. The van der Waals surface area contributed by atoms with Gasteiger partial charge in [0.1, 0.15) is 0 Å². The number of pyridine rings is 1. The average molecular weight is 398 g/mol. The van der Waals surface area contributed by atoms with E-state index >= 15 is 0 Å². The Morgan fingerprint density at radius 1 is 1.07 bits per heavy atom. The van der Waals surface area contributed by atoms with Crippen LogP contribution in [-0.2, 0) is 4.74 Å². The number of aromatic nitrogens is 3. The number of anilines is 2. The van der Waals surface area contributed by atoms with E-state index in [0.717, 1.165) is 37.7 Å². The second-order valence-electron chi connectivity index (χ2n) is 6.97. The average Bonchev–Trinajstić information content (AvgIpc) is 2.80. The third kappa shape index (κ3) is 4.56. The molecule has 1 amide bonds. The van der Waals surface area contributed by atoms with Gasteiger partial charge in [0.15, 0.2) is 5.82 Å². The lowest BCUT2D eigenvalue weighted by Crippen LogP contribution is -2.49. The number of hydrogen-bond acceptors (Lipinski definition) is 8. The third-order valence-corrected chi connectivity index (χ3v) is 5.17. The predicted molar refractivity (Wildman–Crippen MR) is 109 cm³/mol. The number of hydrogen-bond donors (Lipinski definition) is 0. The fourth-order valence-corrected chi connectivity index (χ4v) is 3.56. The Hall–Kier alpha value is -2.94. The second-order valence-corrected chi connectivity index (χ2v) is 6.97. The molecule has 0 atom stereocenters. The molecule has 2 fully saturated rings. The minimum Gasteiger partial charge on any atom is -0.478 e. The highest BCUT2D eigenvalue weighted by molar-refractivity contribution is 5.94. The van der Waals surface area contributed by atoms with E-state index in [1.165, 1.54) is 0 Å². The van der Waals surface area contributed by atoms with Crippen LogP contribution in [0.4, 0.5) is 11.5 Å². The van der Waals surface area contributed by atoms with Crippen LogP contribution in [0.3, 0.4) is 0 Å². The van der Waals surface area contributed by atoms with Crippen molar-refractivity contribution in [3.8, 4) is 5.88 Å². The van der Waals surface area contributed by atoms with Crippen molar-refractivity contribution >= 4 is 17.4 Å². The Morgan fingerprint density at radius 2 is 1.86 bits per heavy atom. The molecule has 2 aromatic rings. The summed E-state index contributed by atoms with van der Waals surface area (Å²) in [6.45, 7) is 8.37. The lowest BCUT2D eigenvalue weighted by atomic mass is 10.2. The van der Waals surface area contributed by atoms with E-state index in [1.54, 1.807) is 24.5 Å². The van der Waals surface area contributed by atoms with Gasteiger partial charge >= 0.3 is 0 Å². The fourth-order valence-electron chi connectivity index (χ4n) is 3.56. The van der Waals surface area contributed by atoms with Gasteiger partial charge in [0, 0.05) is 57.6 Å². The summed E-state index contributed by atoms with van der Waals surface area (Å²) in [5, 5.41) is 8.46. The van der Waals surface area contributed by atoms with Crippen molar-refractivity contribution in [3.63, 3.8) is 0 Å². The van der Waals surface area contributed by atoms with Crippen LogP contribution in [-0.4, -0.2) is 85.1 Å². The van der Waals surface area contributed by atoms with Crippen molar-refractivity contribution in [3.05, 3.63) is 36.2 Å². The maximum Gasteiger partial charge on any atom is 0.255 e. The molecule has 2 aromatic heterocycles. The van der Waals surface area contributed by atoms with Gasteiger partial charge in [-0.3, -0.25) is 4.79 Å². The van der Waals surface area contributed by atoms with Crippen LogP contribution in [0.25, 0.3) is 0 Å². The molecule has 2 aliphatic heterocycles. The van der Waals surface area contributed by atoms with Crippen molar-refractivity contribution in [1.82, 2.24) is 20.1 Å². The minimum absolute atomic E-state index is 0.00191. The van der Waals surface area contributed by atoms with E-state index in [4.69, 9.17) is 9.47 Å². The van der Waals surface area contributed by atoms with Crippen molar-refractivity contribution < 1.29 is 14.3 Å². The van der Waals surface area contributed by atoms with Crippen LogP contribution in [0.5, 0.6) is 5.88 Å². The molecule has 0 aliphatic carbocycles. The van der Waals surface area contributed by atoms with Crippen LogP contribution in [0.1, 0.15) is 17.3 Å². The number of piperazine rings is 1. The van der Waals surface area contributed by atoms with Gasteiger partial charge in [-0.2, -0.15) is 5.10 Å². The molecule has 29 heavy (non-hydrogen) atoms. The molecule has 9 nitrogen and oxygen atoms in total. The lowest BCUT2D eigenvalue weighted by Gasteiger charge is -2.36. The molecule has 0 saturated carbocycles. The van der Waals surface area contributed by atoms with Crippen molar-refractivity contribution in [2.45, 2.75) is 6.92 Å². The lowest BCUT2D eigenvalue weighted by molar-refractivity contribution is 0.0746. The van der Waals surface area contributed by atoms with Gasteiger partial charge < -0.3 is 24.2 Å². The summed E-state index contributed by atoms with van der Waals surface area (Å²) in [5.74, 6) is 1.42. The van der Waals surface area contributed by atoms with E-state index in [2.05, 4.69) is 31.0 Å². The topological polar surface area (TPSA) is 83.9 Å². The number of rotatable bonds is 5. The van der Waals surface area contributed by atoms with Crippen LogP contribution >= 0.6 is 0 Å². The van der Waals surface area contributed by atoms with E-state index in [0.29, 0.717) is 44.4 Å². The first kappa shape index (κ1) is 19.4. The zero-order valence-electron chi connectivity index (χ0n) is 16.7. The van der Waals surface area contributed by atoms with Gasteiger partial charge in [0.25, 0.3) is 5.91 Å².